The number of rotatable bonds is 15. The van der Waals surface area contributed by atoms with Crippen molar-refractivity contribution in [1.82, 2.24) is 4.57 Å². The molecule has 0 unspecified atom stereocenters. The second-order valence-corrected chi connectivity index (χ2v) is 18.0. The van der Waals surface area contributed by atoms with Gasteiger partial charge >= 0.3 is 8.56 Å². The van der Waals surface area contributed by atoms with Gasteiger partial charge in [0.1, 0.15) is 8.24 Å². The van der Waals surface area contributed by atoms with Gasteiger partial charge in [0, 0.05) is 13.2 Å². The van der Waals surface area contributed by atoms with Gasteiger partial charge in [-0.05, 0) is 69.0 Å². The van der Waals surface area contributed by atoms with Gasteiger partial charge in [-0.3, -0.25) is 0 Å². The van der Waals surface area contributed by atoms with Gasteiger partial charge in [0.25, 0.3) is 0 Å². The highest BCUT2D eigenvalue weighted by Gasteiger charge is 2.47. The number of hydrogen-bond donors (Lipinski definition) is 0. The Hall–Kier alpha value is 0.314. The Kier molecular flexibility index (Phi) is 12.9. The predicted octanol–water partition coefficient (Wildman–Crippen LogP) is 6.80. The van der Waals surface area contributed by atoms with Crippen molar-refractivity contribution < 1.29 is 8.85 Å². The second-order valence-electron chi connectivity index (χ2n) is 8.80. The fourth-order valence-electron chi connectivity index (χ4n) is 5.33. The van der Waals surface area contributed by atoms with Crippen LogP contribution >= 0.6 is 0 Å². The topological polar surface area (TPSA) is 21.7 Å². The van der Waals surface area contributed by atoms with E-state index in [1.807, 2.05) is 0 Å². The Morgan fingerprint density at radius 3 is 1.50 bits per heavy atom. The van der Waals surface area contributed by atoms with Crippen molar-refractivity contribution in [1.29, 1.82) is 0 Å². The number of nitrogens with zero attached hydrogens (tertiary/aromatic N) is 1. The standard InChI is InChI=1S/C21H49NO2Si2/c1-11-14-16-22(26(19(4)5,20(6)7)21(8)9)17-15-18-25(10,23-12-2)24-13-3/h19-21H,11-18H2,1-10H3. The van der Waals surface area contributed by atoms with Crippen molar-refractivity contribution in [2.75, 3.05) is 26.3 Å². The van der Waals surface area contributed by atoms with Crippen LogP contribution in [-0.2, 0) is 8.85 Å². The Morgan fingerprint density at radius 1 is 0.731 bits per heavy atom. The average molecular weight is 404 g/mol. The predicted molar refractivity (Wildman–Crippen MR) is 122 cm³/mol. The molecule has 0 bridgehead atoms. The Balaban J connectivity index is 5.35. The average Bonchev–Trinajstić information content (AvgIpc) is 2.51. The zero-order valence-electron chi connectivity index (χ0n) is 19.7. The minimum atomic E-state index is -2.00. The zero-order chi connectivity index (χ0) is 20.4. The molecule has 0 fully saturated rings. The molecule has 3 nitrogen and oxygen atoms in total. The van der Waals surface area contributed by atoms with E-state index in [-0.39, 0.29) is 0 Å². The lowest BCUT2D eigenvalue weighted by Crippen LogP contribution is -2.60. The molecule has 0 radical (unpaired) electrons. The van der Waals surface area contributed by atoms with E-state index in [4.69, 9.17) is 8.85 Å². The molecule has 0 rings (SSSR count). The van der Waals surface area contributed by atoms with Crippen LogP contribution in [0.1, 0.15) is 81.6 Å². The number of hydrogen-bond acceptors (Lipinski definition) is 3. The van der Waals surface area contributed by atoms with Gasteiger partial charge in [-0.2, -0.15) is 0 Å². The van der Waals surface area contributed by atoms with Crippen LogP contribution < -0.4 is 0 Å². The molecule has 0 amide bonds. The van der Waals surface area contributed by atoms with E-state index in [0.717, 1.165) is 35.9 Å². The van der Waals surface area contributed by atoms with Crippen molar-refractivity contribution >= 4 is 16.8 Å². The molecule has 0 spiro atoms. The molecule has 0 aliphatic rings. The molecular formula is C21H49NO2Si2. The molecule has 26 heavy (non-hydrogen) atoms. The minimum Gasteiger partial charge on any atom is -0.395 e. The van der Waals surface area contributed by atoms with Crippen molar-refractivity contribution in [3.05, 3.63) is 0 Å². The maximum Gasteiger partial charge on any atom is 0.334 e. The van der Waals surface area contributed by atoms with Crippen molar-refractivity contribution in [2.45, 2.75) is 111 Å². The highest BCUT2D eigenvalue weighted by molar-refractivity contribution is 6.81. The Bertz CT molecular complexity index is 334. The van der Waals surface area contributed by atoms with Crippen LogP contribution in [0.4, 0.5) is 0 Å². The van der Waals surface area contributed by atoms with Crippen LogP contribution in [0.25, 0.3) is 0 Å². The third-order valence-electron chi connectivity index (χ3n) is 6.06. The second kappa shape index (κ2) is 12.7. The fourth-order valence-corrected chi connectivity index (χ4v) is 15.0. The normalized spacial score (nSPS) is 13.6. The van der Waals surface area contributed by atoms with Gasteiger partial charge in [0.15, 0.2) is 0 Å². The van der Waals surface area contributed by atoms with Crippen LogP contribution in [0.15, 0.2) is 0 Å². The van der Waals surface area contributed by atoms with Crippen molar-refractivity contribution in [3.63, 3.8) is 0 Å². The van der Waals surface area contributed by atoms with Gasteiger partial charge in [0.05, 0.1) is 0 Å². The monoisotopic (exact) mass is 403 g/mol. The van der Waals surface area contributed by atoms with Gasteiger partial charge in [-0.25, -0.2) is 0 Å². The Morgan fingerprint density at radius 2 is 1.15 bits per heavy atom. The quantitative estimate of drug-likeness (QED) is 0.281. The molecule has 0 aromatic heterocycles. The molecule has 0 aliphatic heterocycles. The summed E-state index contributed by atoms with van der Waals surface area (Å²) >= 11 is 0. The van der Waals surface area contributed by atoms with E-state index < -0.39 is 16.8 Å². The zero-order valence-corrected chi connectivity index (χ0v) is 21.7. The molecule has 0 aliphatic carbocycles. The maximum absolute atomic E-state index is 6.07. The smallest absolute Gasteiger partial charge is 0.334 e. The number of unbranched alkanes of at least 4 members (excludes halogenated alkanes) is 1. The summed E-state index contributed by atoms with van der Waals surface area (Å²) in [6.45, 7) is 27.6. The summed E-state index contributed by atoms with van der Waals surface area (Å²) in [7, 11) is -3.56. The Labute approximate surface area is 167 Å². The molecule has 5 heteroatoms. The fraction of sp³-hybridized carbons (Fsp3) is 1.00. The third kappa shape index (κ3) is 7.04. The maximum atomic E-state index is 6.07. The molecule has 0 N–H and O–H groups in total. The highest BCUT2D eigenvalue weighted by Crippen LogP contribution is 2.44. The summed E-state index contributed by atoms with van der Waals surface area (Å²) < 4.78 is 15.1. The first-order chi connectivity index (χ1) is 12.1. The van der Waals surface area contributed by atoms with E-state index in [9.17, 15) is 0 Å². The first kappa shape index (κ1) is 26.3. The molecule has 0 atom stereocenters. The SMILES string of the molecule is CCCCN(CCC[Si](C)(OCC)OCC)[Si](C(C)C)(C(C)C)C(C)C. The molecule has 0 saturated carbocycles. The molecule has 0 aromatic rings. The van der Waals surface area contributed by atoms with Crippen LogP contribution in [-0.4, -0.2) is 47.7 Å². The highest BCUT2D eigenvalue weighted by atomic mass is 28.4. The van der Waals surface area contributed by atoms with Gasteiger partial charge in [-0.15, -0.1) is 0 Å². The first-order valence-corrected chi connectivity index (χ1v) is 15.8. The summed E-state index contributed by atoms with van der Waals surface area (Å²) in [5.74, 6) is 0. The summed E-state index contributed by atoms with van der Waals surface area (Å²) in [6.07, 6.45) is 3.79. The molecule has 0 heterocycles. The third-order valence-corrected chi connectivity index (χ3v) is 16.2. The van der Waals surface area contributed by atoms with Gasteiger partial charge in [0.2, 0.25) is 0 Å². The lowest BCUT2D eigenvalue weighted by molar-refractivity contribution is 0.187. The van der Waals surface area contributed by atoms with Crippen LogP contribution in [0, 0.1) is 0 Å². The van der Waals surface area contributed by atoms with Gasteiger partial charge in [-0.1, -0.05) is 54.9 Å². The van der Waals surface area contributed by atoms with E-state index in [2.05, 4.69) is 73.4 Å². The van der Waals surface area contributed by atoms with Crippen LogP contribution in [0.5, 0.6) is 0 Å². The van der Waals surface area contributed by atoms with Gasteiger partial charge < -0.3 is 13.4 Å². The molecule has 0 saturated heterocycles. The summed E-state index contributed by atoms with van der Waals surface area (Å²) in [4.78, 5) is 0. The minimum absolute atomic E-state index is 0.769. The molecule has 158 valence electrons. The van der Waals surface area contributed by atoms with Crippen LogP contribution in [0.3, 0.4) is 0 Å². The largest absolute Gasteiger partial charge is 0.395 e. The first-order valence-electron chi connectivity index (χ1n) is 11.1. The molecule has 0 aromatic carbocycles. The van der Waals surface area contributed by atoms with Crippen LogP contribution in [0.2, 0.25) is 29.2 Å². The van der Waals surface area contributed by atoms with Crippen molar-refractivity contribution in [3.8, 4) is 0 Å². The van der Waals surface area contributed by atoms with E-state index in [0.29, 0.717) is 0 Å². The van der Waals surface area contributed by atoms with E-state index >= 15 is 0 Å². The lowest BCUT2D eigenvalue weighted by Gasteiger charge is -2.51. The lowest BCUT2D eigenvalue weighted by atomic mass is 10.3. The van der Waals surface area contributed by atoms with E-state index in [1.54, 1.807) is 0 Å². The molecular weight excluding hydrogens is 354 g/mol. The summed E-state index contributed by atoms with van der Waals surface area (Å²) in [5.41, 5.74) is 2.34. The summed E-state index contributed by atoms with van der Waals surface area (Å²) in [6, 6.07) is 1.11. The van der Waals surface area contributed by atoms with E-state index in [1.165, 1.54) is 32.4 Å². The van der Waals surface area contributed by atoms with Crippen molar-refractivity contribution in [2.24, 2.45) is 0 Å². The summed E-state index contributed by atoms with van der Waals surface area (Å²) in [5, 5.41) is 0.